The van der Waals surface area contributed by atoms with Gasteiger partial charge in [-0.2, -0.15) is 13.4 Å². The van der Waals surface area contributed by atoms with E-state index in [9.17, 15) is 13.2 Å². The monoisotopic (exact) mass is 423 g/mol. The highest BCUT2D eigenvalue weighted by atomic mass is 32.2. The first-order valence-corrected chi connectivity index (χ1v) is 9.96. The number of hydrogen-bond donors (Lipinski definition) is 5. The number of anilines is 2. The molecule has 12 heteroatoms. The van der Waals surface area contributed by atoms with Crippen molar-refractivity contribution >= 4 is 39.1 Å². The van der Waals surface area contributed by atoms with E-state index in [1.807, 2.05) is 37.3 Å². The maximum Gasteiger partial charge on any atom is 0.411 e. The smallest absolute Gasteiger partial charge is 0.395 e. The summed E-state index contributed by atoms with van der Waals surface area (Å²) >= 11 is 0. The van der Waals surface area contributed by atoms with Crippen molar-refractivity contribution in [3.63, 3.8) is 0 Å². The molecule has 11 nitrogen and oxygen atoms in total. The molecule has 0 saturated carbocycles. The SMILES string of the molecule is C[C@H]1Nc2cc(OC(N)=O)nc(N)c2N=C1c1ccccc1.O=S(=O)(O)CCO. The molecular weight excluding hydrogens is 402 g/mol. The Balaban J connectivity index is 0.000000370. The Kier molecular flexibility index (Phi) is 7.09. The van der Waals surface area contributed by atoms with Gasteiger partial charge in [-0.1, -0.05) is 30.3 Å². The number of amides is 1. The molecule has 156 valence electrons. The zero-order chi connectivity index (χ0) is 21.6. The van der Waals surface area contributed by atoms with Gasteiger partial charge < -0.3 is 26.6 Å². The molecule has 1 aromatic carbocycles. The predicted octanol–water partition coefficient (Wildman–Crippen LogP) is 0.923. The van der Waals surface area contributed by atoms with E-state index >= 15 is 0 Å². The van der Waals surface area contributed by atoms with Crippen molar-refractivity contribution in [3.05, 3.63) is 42.0 Å². The number of carbonyl (C=O) groups is 1. The standard InChI is InChI=1S/C15H15N5O2.C2H6O4S/c1-8-12(9-5-3-2-4-6-9)20-13-10(18-8)7-11(19-14(13)16)22-15(17)21;3-1-2-7(4,5)6/h2-8,18H,1H3,(H2,16,19)(H2,17,21);3H,1-2H2,(H,4,5,6)/t8-;/m1./s1. The number of aliphatic hydroxyl groups excluding tert-OH is 1. The summed E-state index contributed by atoms with van der Waals surface area (Å²) in [6.07, 6.45) is -0.941. The minimum absolute atomic E-state index is 0.0295. The Bertz CT molecular complexity index is 1010. The van der Waals surface area contributed by atoms with Crippen LogP contribution in [0.5, 0.6) is 5.88 Å². The van der Waals surface area contributed by atoms with Gasteiger partial charge in [0.25, 0.3) is 10.1 Å². The number of fused-ring (bicyclic) bond motifs is 1. The second kappa shape index (κ2) is 9.32. The van der Waals surface area contributed by atoms with Crippen LogP contribution in [0.3, 0.4) is 0 Å². The molecule has 0 unspecified atom stereocenters. The Morgan fingerprint density at radius 3 is 2.48 bits per heavy atom. The predicted molar refractivity (Wildman–Crippen MR) is 108 cm³/mol. The van der Waals surface area contributed by atoms with Gasteiger partial charge in [-0.15, -0.1) is 0 Å². The quantitative estimate of drug-likeness (QED) is 0.445. The fourth-order valence-electron chi connectivity index (χ4n) is 2.47. The number of nitrogens with one attached hydrogen (secondary N) is 1. The van der Waals surface area contributed by atoms with E-state index in [-0.39, 0.29) is 17.7 Å². The van der Waals surface area contributed by atoms with Crippen LogP contribution in [-0.2, 0) is 10.1 Å². The van der Waals surface area contributed by atoms with E-state index in [0.29, 0.717) is 11.4 Å². The number of carbonyl (C=O) groups excluding carboxylic acids is 1. The molecule has 2 heterocycles. The molecule has 0 radical (unpaired) electrons. The number of aliphatic hydroxyl groups is 1. The molecule has 1 aliphatic heterocycles. The summed E-state index contributed by atoms with van der Waals surface area (Å²) in [6.45, 7) is 1.46. The van der Waals surface area contributed by atoms with Crippen LogP contribution in [0.1, 0.15) is 12.5 Å². The highest BCUT2D eigenvalue weighted by Crippen LogP contribution is 2.37. The third kappa shape index (κ3) is 6.41. The van der Waals surface area contributed by atoms with Crippen molar-refractivity contribution in [3.8, 4) is 5.88 Å². The van der Waals surface area contributed by atoms with Crippen molar-refractivity contribution in [2.45, 2.75) is 13.0 Å². The Labute approximate surface area is 167 Å². The van der Waals surface area contributed by atoms with Crippen LogP contribution in [0.25, 0.3) is 0 Å². The maximum absolute atomic E-state index is 10.8. The molecule has 0 bridgehead atoms. The lowest BCUT2D eigenvalue weighted by molar-refractivity contribution is 0.209. The van der Waals surface area contributed by atoms with Gasteiger partial charge in [-0.05, 0) is 12.5 Å². The zero-order valence-electron chi connectivity index (χ0n) is 15.4. The van der Waals surface area contributed by atoms with Gasteiger partial charge in [0.15, 0.2) is 5.82 Å². The summed E-state index contributed by atoms with van der Waals surface area (Å²) in [7, 11) is -3.92. The van der Waals surface area contributed by atoms with Gasteiger partial charge >= 0.3 is 6.09 Å². The van der Waals surface area contributed by atoms with Gasteiger partial charge in [-0.25, -0.2) is 9.79 Å². The topological polar surface area (TPSA) is 190 Å². The number of ether oxygens (including phenoxy) is 1. The molecule has 1 aromatic heterocycles. The molecule has 0 fully saturated rings. The summed E-state index contributed by atoms with van der Waals surface area (Å²) in [6, 6.07) is 11.3. The van der Waals surface area contributed by atoms with E-state index in [2.05, 4.69) is 15.3 Å². The molecule has 29 heavy (non-hydrogen) atoms. The van der Waals surface area contributed by atoms with Gasteiger partial charge in [0.1, 0.15) is 5.69 Å². The van der Waals surface area contributed by atoms with Crippen LogP contribution in [-0.4, -0.2) is 53.3 Å². The van der Waals surface area contributed by atoms with E-state index in [1.165, 1.54) is 0 Å². The zero-order valence-corrected chi connectivity index (χ0v) is 16.3. The van der Waals surface area contributed by atoms with Crippen LogP contribution in [0.2, 0.25) is 0 Å². The minimum atomic E-state index is -3.92. The molecule has 1 atom stereocenters. The molecule has 0 aliphatic carbocycles. The van der Waals surface area contributed by atoms with Crippen molar-refractivity contribution in [1.82, 2.24) is 4.98 Å². The highest BCUT2D eigenvalue weighted by molar-refractivity contribution is 7.85. The van der Waals surface area contributed by atoms with Crippen LogP contribution < -0.4 is 21.5 Å². The number of nitrogen functional groups attached to an aromatic ring is 1. The number of benzene rings is 1. The number of hydrogen-bond acceptors (Lipinski definition) is 9. The molecule has 1 amide bonds. The van der Waals surface area contributed by atoms with Crippen LogP contribution >= 0.6 is 0 Å². The number of aromatic nitrogens is 1. The Morgan fingerprint density at radius 1 is 1.31 bits per heavy atom. The first-order chi connectivity index (χ1) is 13.6. The van der Waals surface area contributed by atoms with E-state index in [4.69, 9.17) is 25.9 Å². The van der Waals surface area contributed by atoms with Crippen molar-refractivity contribution in [2.75, 3.05) is 23.4 Å². The van der Waals surface area contributed by atoms with Crippen molar-refractivity contribution in [2.24, 2.45) is 10.7 Å². The van der Waals surface area contributed by atoms with E-state index in [0.717, 1.165) is 11.3 Å². The third-order valence-corrected chi connectivity index (χ3v) is 4.33. The summed E-state index contributed by atoms with van der Waals surface area (Å²) in [4.78, 5) is 19.4. The summed E-state index contributed by atoms with van der Waals surface area (Å²) in [5.74, 6) is -0.365. The normalized spacial score (nSPS) is 15.1. The van der Waals surface area contributed by atoms with Gasteiger partial charge in [0, 0.05) is 6.07 Å². The second-order valence-electron chi connectivity index (χ2n) is 5.90. The van der Waals surface area contributed by atoms with Gasteiger partial charge in [-0.3, -0.25) is 4.55 Å². The van der Waals surface area contributed by atoms with Crippen LogP contribution in [0, 0.1) is 0 Å². The fourth-order valence-corrected chi connectivity index (χ4v) is 2.71. The Hall–Kier alpha value is -3.22. The summed E-state index contributed by atoms with van der Waals surface area (Å²) < 4.78 is 31.9. The van der Waals surface area contributed by atoms with Crippen molar-refractivity contribution < 1.29 is 27.6 Å². The first kappa shape index (κ1) is 22.1. The molecule has 0 spiro atoms. The molecule has 3 rings (SSSR count). The molecule has 1 aliphatic rings. The second-order valence-corrected chi connectivity index (χ2v) is 7.47. The molecule has 2 aromatic rings. The summed E-state index contributed by atoms with van der Waals surface area (Å²) in [5, 5.41) is 11.1. The van der Waals surface area contributed by atoms with Crippen LogP contribution in [0.4, 0.5) is 22.0 Å². The van der Waals surface area contributed by atoms with E-state index in [1.54, 1.807) is 6.07 Å². The van der Waals surface area contributed by atoms with E-state index < -0.39 is 28.6 Å². The molecular formula is C17H21N5O6S. The lowest BCUT2D eigenvalue weighted by Crippen LogP contribution is -2.30. The van der Waals surface area contributed by atoms with Gasteiger partial charge in [0.2, 0.25) is 5.88 Å². The van der Waals surface area contributed by atoms with Crippen molar-refractivity contribution in [1.29, 1.82) is 0 Å². The average molecular weight is 423 g/mol. The number of aliphatic imine (C=N–C) groups is 1. The first-order valence-electron chi connectivity index (χ1n) is 8.35. The van der Waals surface area contributed by atoms with Gasteiger partial charge in [0.05, 0.1) is 29.8 Å². The number of nitrogens with zero attached hydrogens (tertiary/aromatic N) is 2. The van der Waals surface area contributed by atoms with Crippen LogP contribution in [0.15, 0.2) is 41.4 Å². The minimum Gasteiger partial charge on any atom is -0.395 e. The number of nitrogens with two attached hydrogens (primary N) is 2. The number of pyridine rings is 1. The average Bonchev–Trinajstić information content (AvgIpc) is 2.61. The lowest BCUT2D eigenvalue weighted by Gasteiger charge is -2.25. The highest BCUT2D eigenvalue weighted by Gasteiger charge is 2.23. The summed E-state index contributed by atoms with van der Waals surface area (Å²) in [5.41, 5.74) is 13.9. The Morgan fingerprint density at radius 2 is 1.97 bits per heavy atom. The maximum atomic E-state index is 10.8. The number of primary amides is 1. The fraction of sp³-hybridized carbons (Fsp3) is 0.235. The third-order valence-electron chi connectivity index (χ3n) is 3.63. The lowest BCUT2D eigenvalue weighted by atomic mass is 10.0. The molecule has 0 saturated heterocycles. The largest absolute Gasteiger partial charge is 0.411 e. The molecule has 7 N–H and O–H groups in total. The number of rotatable bonds is 4.